The second-order valence-corrected chi connectivity index (χ2v) is 7.16. The average Bonchev–Trinajstić information content (AvgIpc) is 2.74. The zero-order valence-corrected chi connectivity index (χ0v) is 18.4. The zero-order valence-electron chi connectivity index (χ0n) is 17.6. The van der Waals surface area contributed by atoms with Crippen LogP contribution in [-0.2, 0) is 6.42 Å². The number of aryl methyl sites for hydroxylation is 2. The Morgan fingerprint density at radius 2 is 1.89 bits per heavy atom. The summed E-state index contributed by atoms with van der Waals surface area (Å²) in [6, 6.07) is 6.71. The van der Waals surface area contributed by atoms with Crippen molar-refractivity contribution in [1.29, 1.82) is 0 Å². The van der Waals surface area contributed by atoms with Crippen molar-refractivity contribution in [3.63, 3.8) is 0 Å². The predicted molar refractivity (Wildman–Crippen MR) is 115 cm³/mol. The number of benzene rings is 1. The van der Waals surface area contributed by atoms with E-state index in [1.165, 1.54) is 6.07 Å². The molecule has 1 fully saturated rings. The van der Waals surface area contributed by atoms with E-state index in [-0.39, 0.29) is 16.7 Å². The lowest BCUT2D eigenvalue weighted by molar-refractivity contribution is 0.0696. The number of halogens is 2. The highest BCUT2D eigenvalue weighted by Crippen LogP contribution is 2.19. The summed E-state index contributed by atoms with van der Waals surface area (Å²) in [4.78, 5) is 18.4. The molecular formula is C23H32ClFN2O. The van der Waals surface area contributed by atoms with E-state index >= 15 is 0 Å². The van der Waals surface area contributed by atoms with E-state index in [2.05, 4.69) is 18.8 Å². The Balaban J connectivity index is 0.000000301. The van der Waals surface area contributed by atoms with Crippen molar-refractivity contribution in [2.24, 2.45) is 5.92 Å². The molecule has 0 atom stereocenters. The Morgan fingerprint density at radius 1 is 1.25 bits per heavy atom. The molecule has 28 heavy (non-hydrogen) atoms. The maximum absolute atomic E-state index is 12.4. The predicted octanol–water partition coefficient (Wildman–Crippen LogP) is 6.33. The lowest BCUT2D eigenvalue weighted by Crippen LogP contribution is -2.37. The number of rotatable bonds is 2. The molecule has 1 saturated heterocycles. The lowest BCUT2D eigenvalue weighted by atomic mass is 9.98. The summed E-state index contributed by atoms with van der Waals surface area (Å²) < 4.78 is 12.4. The molecule has 0 bridgehead atoms. The standard InChI is InChI=1S/C14H20N2O.C7H6ClF.C2H6/c1-3-12-8-13(10-15-9-12)14(17)16-6-4-11(2)5-7-16;1-5-3-2-4-6(9)7(5)8;1-2/h8-11H,3-7H2,1-2H3;2-4H,1H3;1-2H3. The molecule has 1 amide bonds. The van der Waals surface area contributed by atoms with Crippen LogP contribution >= 0.6 is 11.6 Å². The van der Waals surface area contributed by atoms with Gasteiger partial charge in [0.2, 0.25) is 0 Å². The fourth-order valence-corrected chi connectivity index (χ4v) is 2.93. The van der Waals surface area contributed by atoms with Crippen LogP contribution < -0.4 is 0 Å². The molecular weight excluding hydrogens is 375 g/mol. The molecule has 0 saturated carbocycles. The summed E-state index contributed by atoms with van der Waals surface area (Å²) in [7, 11) is 0. The minimum absolute atomic E-state index is 0.139. The molecule has 0 N–H and O–H groups in total. The monoisotopic (exact) mass is 406 g/mol. The van der Waals surface area contributed by atoms with Crippen LogP contribution in [0.1, 0.15) is 62.0 Å². The molecule has 154 valence electrons. The third-order valence-electron chi connectivity index (χ3n) is 4.67. The Labute approximate surface area is 173 Å². The number of carbonyl (C=O) groups excluding carboxylic acids is 1. The van der Waals surface area contributed by atoms with E-state index in [0.29, 0.717) is 0 Å². The number of carbonyl (C=O) groups is 1. The minimum atomic E-state index is -0.350. The molecule has 0 aliphatic carbocycles. The molecule has 1 aromatic heterocycles. The first-order chi connectivity index (χ1) is 13.4. The Kier molecular flexibility index (Phi) is 10.8. The van der Waals surface area contributed by atoms with Gasteiger partial charge in [-0.15, -0.1) is 0 Å². The van der Waals surface area contributed by atoms with Gasteiger partial charge in [-0.2, -0.15) is 0 Å². The van der Waals surface area contributed by atoms with Gasteiger partial charge >= 0.3 is 0 Å². The Hall–Kier alpha value is -1.94. The fourth-order valence-electron chi connectivity index (χ4n) is 2.80. The highest BCUT2D eigenvalue weighted by atomic mass is 35.5. The highest BCUT2D eigenvalue weighted by molar-refractivity contribution is 6.31. The summed E-state index contributed by atoms with van der Waals surface area (Å²) in [5, 5.41) is 0.220. The van der Waals surface area contributed by atoms with Crippen LogP contribution in [0.5, 0.6) is 0 Å². The van der Waals surface area contributed by atoms with Crippen LogP contribution in [0.4, 0.5) is 4.39 Å². The van der Waals surface area contributed by atoms with E-state index in [4.69, 9.17) is 11.6 Å². The number of piperidine rings is 1. The van der Waals surface area contributed by atoms with Crippen LogP contribution in [0.15, 0.2) is 36.7 Å². The van der Waals surface area contributed by atoms with E-state index in [9.17, 15) is 9.18 Å². The van der Waals surface area contributed by atoms with E-state index in [0.717, 1.165) is 55.0 Å². The molecule has 0 spiro atoms. The van der Waals surface area contributed by atoms with Crippen molar-refractivity contribution >= 4 is 17.5 Å². The molecule has 1 aliphatic rings. The van der Waals surface area contributed by atoms with Gasteiger partial charge in [-0.1, -0.05) is 51.4 Å². The molecule has 1 aliphatic heterocycles. The van der Waals surface area contributed by atoms with E-state index < -0.39 is 0 Å². The maximum atomic E-state index is 12.4. The second kappa shape index (κ2) is 12.5. The molecule has 1 aromatic carbocycles. The first-order valence-corrected chi connectivity index (χ1v) is 10.4. The van der Waals surface area contributed by atoms with Gasteiger partial charge in [-0.25, -0.2) is 4.39 Å². The SMILES string of the molecule is CC.CCc1cncc(C(=O)N2CCC(C)CC2)c1.Cc1cccc(F)c1Cl. The van der Waals surface area contributed by atoms with Crippen LogP contribution in [0.2, 0.25) is 5.02 Å². The topological polar surface area (TPSA) is 33.2 Å². The van der Waals surface area contributed by atoms with Crippen molar-refractivity contribution in [3.8, 4) is 0 Å². The van der Waals surface area contributed by atoms with Gasteiger partial charge < -0.3 is 4.90 Å². The van der Waals surface area contributed by atoms with Gasteiger partial charge in [0.25, 0.3) is 5.91 Å². The van der Waals surface area contributed by atoms with Gasteiger partial charge in [-0.05, 0) is 55.4 Å². The molecule has 3 rings (SSSR count). The van der Waals surface area contributed by atoms with E-state index in [1.54, 1.807) is 25.3 Å². The fraction of sp³-hybridized carbons (Fsp3) is 0.478. The number of nitrogens with zero attached hydrogens (tertiary/aromatic N) is 2. The number of hydrogen-bond donors (Lipinski definition) is 0. The molecule has 0 unspecified atom stereocenters. The van der Waals surface area contributed by atoms with Gasteiger partial charge in [-0.3, -0.25) is 9.78 Å². The van der Waals surface area contributed by atoms with Crippen LogP contribution in [0.25, 0.3) is 0 Å². The second-order valence-electron chi connectivity index (χ2n) is 6.78. The summed E-state index contributed by atoms with van der Waals surface area (Å²) in [5.41, 5.74) is 2.64. The smallest absolute Gasteiger partial charge is 0.255 e. The van der Waals surface area contributed by atoms with Crippen molar-refractivity contribution in [2.75, 3.05) is 13.1 Å². The number of hydrogen-bond acceptors (Lipinski definition) is 2. The highest BCUT2D eigenvalue weighted by Gasteiger charge is 2.21. The zero-order chi connectivity index (χ0) is 21.1. The van der Waals surface area contributed by atoms with Crippen LogP contribution in [0.3, 0.4) is 0 Å². The summed E-state index contributed by atoms with van der Waals surface area (Å²) in [5.74, 6) is 0.538. The van der Waals surface area contributed by atoms with Gasteiger partial charge in [0.05, 0.1) is 10.6 Å². The molecule has 2 aromatic rings. The van der Waals surface area contributed by atoms with Crippen LogP contribution in [0, 0.1) is 18.7 Å². The van der Waals surface area contributed by atoms with Gasteiger partial charge in [0.1, 0.15) is 5.82 Å². The number of amides is 1. The largest absolute Gasteiger partial charge is 0.339 e. The van der Waals surface area contributed by atoms with Crippen molar-refractivity contribution in [1.82, 2.24) is 9.88 Å². The molecule has 3 nitrogen and oxygen atoms in total. The van der Waals surface area contributed by atoms with Crippen molar-refractivity contribution < 1.29 is 9.18 Å². The van der Waals surface area contributed by atoms with Crippen LogP contribution in [-0.4, -0.2) is 28.9 Å². The summed E-state index contributed by atoms with van der Waals surface area (Å²) in [6.07, 6.45) is 6.67. The quantitative estimate of drug-likeness (QED) is 0.583. The van der Waals surface area contributed by atoms with Crippen molar-refractivity contribution in [2.45, 2.75) is 53.9 Å². The van der Waals surface area contributed by atoms with Gasteiger partial charge in [0.15, 0.2) is 0 Å². The summed E-state index contributed by atoms with van der Waals surface area (Å²) in [6.45, 7) is 11.9. The van der Waals surface area contributed by atoms with E-state index in [1.807, 2.05) is 31.0 Å². The summed E-state index contributed by atoms with van der Waals surface area (Å²) >= 11 is 5.50. The average molecular weight is 407 g/mol. The third kappa shape index (κ3) is 7.23. The molecule has 2 heterocycles. The maximum Gasteiger partial charge on any atom is 0.255 e. The molecule has 5 heteroatoms. The number of likely N-dealkylation sites (tertiary alicyclic amines) is 1. The normalized spacial score (nSPS) is 13.8. The first kappa shape index (κ1) is 24.1. The first-order valence-electron chi connectivity index (χ1n) is 10.1. The Morgan fingerprint density at radius 3 is 2.43 bits per heavy atom. The number of pyridine rings is 1. The number of aromatic nitrogens is 1. The van der Waals surface area contributed by atoms with Crippen molar-refractivity contribution in [3.05, 3.63) is 64.2 Å². The Bertz CT molecular complexity index is 723. The molecule has 0 radical (unpaired) electrons. The lowest BCUT2D eigenvalue weighted by Gasteiger charge is -2.30. The third-order valence-corrected chi connectivity index (χ3v) is 5.14. The minimum Gasteiger partial charge on any atom is -0.339 e. The van der Waals surface area contributed by atoms with Gasteiger partial charge in [0, 0.05) is 25.5 Å².